The molecule has 54 heavy (non-hydrogen) atoms. The largest absolute Gasteiger partial charge is 0.473 e. The molecule has 3 aromatic carbocycles. The summed E-state index contributed by atoms with van der Waals surface area (Å²) in [5.41, 5.74) is 5.20. The normalized spacial score (nSPS) is 17.8. The Kier molecular flexibility index (Phi) is 10.8. The van der Waals surface area contributed by atoms with Gasteiger partial charge in [0.2, 0.25) is 17.7 Å². The summed E-state index contributed by atoms with van der Waals surface area (Å²) in [6.45, 7) is 12.3. The molecule has 2 amide bonds. The highest BCUT2D eigenvalue weighted by molar-refractivity contribution is 5.96. The molecule has 2 saturated heterocycles. The Bertz CT molecular complexity index is 2070. The van der Waals surface area contributed by atoms with Crippen molar-refractivity contribution in [1.82, 2.24) is 24.6 Å². The van der Waals surface area contributed by atoms with Crippen LogP contribution in [0.5, 0.6) is 11.8 Å². The minimum absolute atomic E-state index is 0.0655. The van der Waals surface area contributed by atoms with Crippen LogP contribution in [0.1, 0.15) is 45.2 Å². The van der Waals surface area contributed by atoms with Crippen molar-refractivity contribution in [1.29, 1.82) is 0 Å². The minimum atomic E-state index is -0.542. The van der Waals surface area contributed by atoms with E-state index >= 15 is 0 Å². The first-order valence-electron chi connectivity index (χ1n) is 18.9. The van der Waals surface area contributed by atoms with Crippen molar-refractivity contribution in [3.63, 3.8) is 0 Å². The van der Waals surface area contributed by atoms with Crippen molar-refractivity contribution >= 4 is 28.6 Å². The second kappa shape index (κ2) is 15.8. The van der Waals surface area contributed by atoms with Crippen LogP contribution in [0.3, 0.4) is 0 Å². The molecule has 2 aromatic heterocycles. The molecule has 5 aromatic rings. The summed E-state index contributed by atoms with van der Waals surface area (Å²) < 4.78 is 19.9. The highest BCUT2D eigenvalue weighted by atomic mass is 16.6. The Hall–Kier alpha value is -5.58. The summed E-state index contributed by atoms with van der Waals surface area (Å²) in [4.78, 5) is 37.2. The number of piperazine rings is 1. The SMILES string of the molecule is C[C@H]1CN(C(=O)OC(C)(C)C)CC[C@H]1C(=O)N1CCN(c2ccc3c(-c4ccc(OCc5ccccc5)nc4OCc4ccccc4)nn(C)c3c2)CC1. The van der Waals surface area contributed by atoms with E-state index in [9.17, 15) is 9.59 Å². The van der Waals surface area contributed by atoms with Gasteiger partial charge in [-0.25, -0.2) is 4.79 Å². The Morgan fingerprint density at radius 3 is 2.11 bits per heavy atom. The Morgan fingerprint density at radius 2 is 1.46 bits per heavy atom. The van der Waals surface area contributed by atoms with Crippen LogP contribution in [0, 0.1) is 11.8 Å². The number of amides is 2. The number of anilines is 1. The smallest absolute Gasteiger partial charge is 0.410 e. The van der Waals surface area contributed by atoms with E-state index in [0.29, 0.717) is 57.6 Å². The van der Waals surface area contributed by atoms with Crippen LogP contribution in [0.25, 0.3) is 22.2 Å². The van der Waals surface area contributed by atoms with E-state index in [1.165, 1.54) is 0 Å². The number of carbonyl (C=O) groups is 2. The van der Waals surface area contributed by atoms with Crippen LogP contribution in [0.2, 0.25) is 0 Å². The zero-order chi connectivity index (χ0) is 37.8. The maximum atomic E-state index is 13.7. The quantitative estimate of drug-likeness (QED) is 0.155. The second-order valence-corrected chi connectivity index (χ2v) is 15.3. The Morgan fingerprint density at radius 1 is 0.796 bits per heavy atom. The third-order valence-corrected chi connectivity index (χ3v) is 10.2. The van der Waals surface area contributed by atoms with Gasteiger partial charge in [-0.2, -0.15) is 10.1 Å². The van der Waals surface area contributed by atoms with Gasteiger partial charge < -0.3 is 28.9 Å². The molecule has 2 aliphatic rings. The molecule has 2 fully saturated rings. The van der Waals surface area contributed by atoms with Crippen LogP contribution in [0.4, 0.5) is 10.5 Å². The van der Waals surface area contributed by atoms with Crippen molar-refractivity contribution < 1.29 is 23.8 Å². The number of benzene rings is 3. The molecule has 11 heteroatoms. The first-order valence-corrected chi connectivity index (χ1v) is 18.9. The molecule has 7 rings (SSSR count). The number of nitrogens with zero attached hydrogens (tertiary/aromatic N) is 6. The fourth-order valence-corrected chi connectivity index (χ4v) is 7.32. The number of carbonyl (C=O) groups excluding carboxylic acids is 2. The summed E-state index contributed by atoms with van der Waals surface area (Å²) in [6, 6.07) is 30.3. The Labute approximate surface area is 317 Å². The molecule has 0 saturated carbocycles. The zero-order valence-corrected chi connectivity index (χ0v) is 31.9. The fourth-order valence-electron chi connectivity index (χ4n) is 7.32. The molecular weight excluding hydrogens is 681 g/mol. The lowest BCUT2D eigenvalue weighted by Gasteiger charge is -2.41. The van der Waals surface area contributed by atoms with E-state index in [4.69, 9.17) is 24.3 Å². The summed E-state index contributed by atoms with van der Waals surface area (Å²) in [5, 5.41) is 5.96. The molecule has 2 atom stereocenters. The third kappa shape index (κ3) is 8.46. The summed E-state index contributed by atoms with van der Waals surface area (Å²) in [7, 11) is 1.96. The first kappa shape index (κ1) is 36.8. The molecule has 11 nitrogen and oxygen atoms in total. The molecule has 0 bridgehead atoms. The number of piperidine rings is 1. The Balaban J connectivity index is 1.04. The highest BCUT2D eigenvalue weighted by Gasteiger charge is 2.37. The van der Waals surface area contributed by atoms with Crippen molar-refractivity contribution in [2.75, 3.05) is 44.2 Å². The van der Waals surface area contributed by atoms with Crippen LogP contribution < -0.4 is 14.4 Å². The molecule has 0 N–H and O–H groups in total. The third-order valence-electron chi connectivity index (χ3n) is 10.2. The van der Waals surface area contributed by atoms with Crippen LogP contribution in [-0.2, 0) is 29.8 Å². The number of pyridine rings is 1. The summed E-state index contributed by atoms with van der Waals surface area (Å²) in [5.74, 6) is 1.09. The lowest BCUT2D eigenvalue weighted by Crippen LogP contribution is -2.54. The standard InChI is InChI=1S/C43H50N6O5/c1-30-27-49(42(51)54-43(2,3)4)21-20-34(30)41(50)48-24-22-47(23-25-48)33-16-17-35-37(26-33)46(5)45-39(35)36-18-19-38(52-28-31-12-8-6-9-13-31)44-40(36)53-29-32-14-10-7-11-15-32/h6-19,26,30,34H,20-25,27-29H2,1-5H3/t30-,34+/m0/s1. The monoisotopic (exact) mass is 730 g/mol. The average molecular weight is 731 g/mol. The van der Waals surface area contributed by atoms with E-state index in [2.05, 4.69) is 30.0 Å². The zero-order valence-electron chi connectivity index (χ0n) is 31.9. The number of aryl methyl sites for hydroxylation is 1. The minimum Gasteiger partial charge on any atom is -0.473 e. The molecule has 0 radical (unpaired) electrons. The van der Waals surface area contributed by atoms with Gasteiger partial charge in [-0.3, -0.25) is 9.48 Å². The first-order chi connectivity index (χ1) is 26.0. The van der Waals surface area contributed by atoms with Gasteiger partial charge in [0.1, 0.15) is 24.5 Å². The molecule has 2 aliphatic heterocycles. The van der Waals surface area contributed by atoms with E-state index in [-0.39, 0.29) is 23.8 Å². The van der Waals surface area contributed by atoms with Gasteiger partial charge in [-0.1, -0.05) is 67.6 Å². The maximum absolute atomic E-state index is 13.7. The molecule has 282 valence electrons. The topological polar surface area (TPSA) is 102 Å². The second-order valence-electron chi connectivity index (χ2n) is 15.3. The molecular formula is C43H50N6O5. The van der Waals surface area contributed by atoms with Gasteiger partial charge in [0, 0.05) is 69.4 Å². The number of rotatable bonds is 9. The highest BCUT2D eigenvalue weighted by Crippen LogP contribution is 2.37. The van der Waals surface area contributed by atoms with E-state index in [1.54, 1.807) is 4.90 Å². The average Bonchev–Trinajstić information content (AvgIpc) is 3.51. The lowest BCUT2D eigenvalue weighted by atomic mass is 9.85. The van der Waals surface area contributed by atoms with Crippen LogP contribution in [-0.4, -0.2) is 81.4 Å². The molecule has 0 aliphatic carbocycles. The van der Waals surface area contributed by atoms with Gasteiger partial charge >= 0.3 is 6.09 Å². The predicted octanol–water partition coefficient (Wildman–Crippen LogP) is 7.34. The fraction of sp³-hybridized carbons (Fsp3) is 0.395. The van der Waals surface area contributed by atoms with E-state index in [1.807, 2.05) is 110 Å². The van der Waals surface area contributed by atoms with Crippen LogP contribution in [0.15, 0.2) is 91.0 Å². The van der Waals surface area contributed by atoms with Gasteiger partial charge in [-0.05, 0) is 68.5 Å². The number of hydrogen-bond acceptors (Lipinski definition) is 8. The van der Waals surface area contributed by atoms with Gasteiger partial charge in [0.05, 0.1) is 11.1 Å². The molecule has 0 spiro atoms. The number of ether oxygens (including phenoxy) is 3. The van der Waals surface area contributed by atoms with Gasteiger partial charge in [-0.15, -0.1) is 0 Å². The maximum Gasteiger partial charge on any atom is 0.410 e. The molecule has 4 heterocycles. The van der Waals surface area contributed by atoms with E-state index < -0.39 is 5.60 Å². The summed E-state index contributed by atoms with van der Waals surface area (Å²) >= 11 is 0. The van der Waals surface area contributed by atoms with Crippen molar-refractivity contribution in [3.05, 3.63) is 102 Å². The number of hydrogen-bond donors (Lipinski definition) is 0. The summed E-state index contributed by atoms with van der Waals surface area (Å²) in [6.07, 6.45) is 0.346. The van der Waals surface area contributed by atoms with Crippen molar-refractivity contribution in [3.8, 4) is 23.0 Å². The molecule has 0 unspecified atom stereocenters. The lowest BCUT2D eigenvalue weighted by molar-refractivity contribution is -0.139. The number of fused-ring (bicyclic) bond motifs is 1. The number of aromatic nitrogens is 3. The number of likely N-dealkylation sites (tertiary alicyclic amines) is 1. The van der Waals surface area contributed by atoms with Crippen molar-refractivity contribution in [2.45, 2.75) is 52.9 Å². The van der Waals surface area contributed by atoms with Gasteiger partial charge in [0.15, 0.2) is 0 Å². The van der Waals surface area contributed by atoms with Crippen LogP contribution >= 0.6 is 0 Å². The van der Waals surface area contributed by atoms with E-state index in [0.717, 1.165) is 52.1 Å². The van der Waals surface area contributed by atoms with Crippen molar-refractivity contribution in [2.24, 2.45) is 18.9 Å². The predicted molar refractivity (Wildman–Crippen MR) is 209 cm³/mol. The van der Waals surface area contributed by atoms with Gasteiger partial charge in [0.25, 0.3) is 0 Å².